The first kappa shape index (κ1) is 16.0. The Labute approximate surface area is 119 Å². The van der Waals surface area contributed by atoms with E-state index in [1.54, 1.807) is 0 Å². The summed E-state index contributed by atoms with van der Waals surface area (Å²) in [6.45, 7) is 4.89. The highest BCUT2D eigenvalue weighted by molar-refractivity contribution is 6.27. The quantitative estimate of drug-likeness (QED) is 0.558. The van der Waals surface area contributed by atoms with Crippen molar-refractivity contribution in [2.75, 3.05) is 25.7 Å². The van der Waals surface area contributed by atoms with Crippen molar-refractivity contribution in [1.29, 1.82) is 0 Å². The molecule has 0 atom stereocenters. The summed E-state index contributed by atoms with van der Waals surface area (Å²) < 4.78 is 10.7. The molecule has 1 N–H and O–H groups in total. The fourth-order valence-electron chi connectivity index (χ4n) is 1.53. The van der Waals surface area contributed by atoms with Crippen LogP contribution in [0.25, 0.3) is 0 Å². The predicted octanol–water partition coefficient (Wildman–Crippen LogP) is 2.09. The Morgan fingerprint density at radius 2 is 2.00 bits per heavy atom. The van der Waals surface area contributed by atoms with E-state index in [9.17, 15) is 4.79 Å². The number of nitrogens with one attached hydrogen (secondary N) is 1. The van der Waals surface area contributed by atoms with E-state index in [0.717, 1.165) is 11.1 Å². The monoisotopic (exact) mass is 285 g/mol. The maximum Gasteiger partial charge on any atom is 0.235 e. The van der Waals surface area contributed by atoms with Gasteiger partial charge in [-0.1, -0.05) is 24.3 Å². The maximum absolute atomic E-state index is 11.1. The fourth-order valence-corrected chi connectivity index (χ4v) is 1.62. The molecule has 1 aromatic rings. The van der Waals surface area contributed by atoms with Crippen molar-refractivity contribution in [3.63, 3.8) is 0 Å². The molecule has 0 fully saturated rings. The Morgan fingerprint density at radius 1 is 1.26 bits per heavy atom. The lowest BCUT2D eigenvalue weighted by molar-refractivity contribution is -0.118. The molecule has 0 radical (unpaired) electrons. The lowest BCUT2D eigenvalue weighted by atomic mass is 10.1. The van der Waals surface area contributed by atoms with E-state index in [4.69, 9.17) is 21.1 Å². The van der Waals surface area contributed by atoms with Gasteiger partial charge in [0, 0.05) is 13.2 Å². The van der Waals surface area contributed by atoms with Crippen molar-refractivity contribution in [3.05, 3.63) is 35.4 Å². The molecule has 0 bridgehead atoms. The third-order valence-electron chi connectivity index (χ3n) is 2.45. The first-order valence-electron chi connectivity index (χ1n) is 6.32. The van der Waals surface area contributed by atoms with E-state index in [-0.39, 0.29) is 11.8 Å². The number of alkyl halides is 1. The molecule has 0 aliphatic heterocycles. The lowest BCUT2D eigenvalue weighted by Crippen LogP contribution is -2.23. The van der Waals surface area contributed by atoms with Gasteiger partial charge < -0.3 is 14.8 Å². The summed E-state index contributed by atoms with van der Waals surface area (Å²) in [4.78, 5) is 11.1. The van der Waals surface area contributed by atoms with Gasteiger partial charge in [0.25, 0.3) is 0 Å². The van der Waals surface area contributed by atoms with Crippen molar-refractivity contribution >= 4 is 17.5 Å². The second-order valence-corrected chi connectivity index (χ2v) is 4.25. The maximum atomic E-state index is 11.1. The van der Waals surface area contributed by atoms with Crippen LogP contribution >= 0.6 is 11.6 Å². The normalized spacial score (nSPS) is 10.4. The van der Waals surface area contributed by atoms with Gasteiger partial charge in [-0.2, -0.15) is 0 Å². The molecule has 0 saturated heterocycles. The number of amides is 1. The summed E-state index contributed by atoms with van der Waals surface area (Å²) in [5.41, 5.74) is 2.11. The smallest absolute Gasteiger partial charge is 0.235 e. The summed E-state index contributed by atoms with van der Waals surface area (Å²) in [7, 11) is 0. The minimum Gasteiger partial charge on any atom is -0.379 e. The Morgan fingerprint density at radius 3 is 2.74 bits per heavy atom. The summed E-state index contributed by atoms with van der Waals surface area (Å²) in [6.07, 6.45) is 0. The van der Waals surface area contributed by atoms with Crippen LogP contribution in [0.2, 0.25) is 0 Å². The molecule has 1 rings (SSSR count). The summed E-state index contributed by atoms with van der Waals surface area (Å²) in [5.74, 6) is -0.180. The fraction of sp³-hybridized carbons (Fsp3) is 0.500. The second kappa shape index (κ2) is 9.78. The van der Waals surface area contributed by atoms with E-state index in [2.05, 4.69) is 5.32 Å². The van der Waals surface area contributed by atoms with Crippen molar-refractivity contribution in [1.82, 2.24) is 5.32 Å². The lowest BCUT2D eigenvalue weighted by Gasteiger charge is -2.07. The van der Waals surface area contributed by atoms with Crippen molar-refractivity contribution in [3.8, 4) is 0 Å². The van der Waals surface area contributed by atoms with Gasteiger partial charge in [-0.25, -0.2) is 0 Å². The molecule has 0 aromatic heterocycles. The molecule has 1 aromatic carbocycles. The van der Waals surface area contributed by atoms with E-state index < -0.39 is 0 Å². The number of ether oxygens (including phenoxy) is 2. The summed E-state index contributed by atoms with van der Waals surface area (Å²) >= 11 is 5.42. The van der Waals surface area contributed by atoms with Crippen molar-refractivity contribution in [2.24, 2.45) is 0 Å². The molecule has 19 heavy (non-hydrogen) atoms. The van der Waals surface area contributed by atoms with Crippen molar-refractivity contribution < 1.29 is 14.3 Å². The molecule has 0 aliphatic rings. The van der Waals surface area contributed by atoms with Gasteiger partial charge in [0.05, 0.1) is 19.8 Å². The molecule has 5 heteroatoms. The van der Waals surface area contributed by atoms with Crippen LogP contribution in [0.3, 0.4) is 0 Å². The molecule has 0 saturated carbocycles. The topological polar surface area (TPSA) is 47.6 Å². The van der Waals surface area contributed by atoms with Crippen LogP contribution in [0.4, 0.5) is 0 Å². The number of hydrogen-bond donors (Lipinski definition) is 1. The Hall–Kier alpha value is -1.10. The highest BCUT2D eigenvalue weighted by Gasteiger charge is 2.00. The largest absolute Gasteiger partial charge is 0.379 e. The first-order valence-corrected chi connectivity index (χ1v) is 6.85. The van der Waals surface area contributed by atoms with E-state index >= 15 is 0 Å². The Balaban J connectivity index is 2.33. The van der Waals surface area contributed by atoms with Crippen LogP contribution in [-0.4, -0.2) is 31.6 Å². The van der Waals surface area contributed by atoms with Crippen molar-refractivity contribution in [2.45, 2.75) is 20.1 Å². The number of rotatable bonds is 9. The van der Waals surface area contributed by atoms with E-state index in [0.29, 0.717) is 33.0 Å². The predicted molar refractivity (Wildman–Crippen MR) is 75.2 cm³/mol. The molecule has 0 heterocycles. The molecule has 4 nitrogen and oxygen atoms in total. The zero-order valence-corrected chi connectivity index (χ0v) is 11.9. The number of carbonyl (C=O) groups is 1. The van der Waals surface area contributed by atoms with Crippen LogP contribution in [-0.2, 0) is 27.4 Å². The highest BCUT2D eigenvalue weighted by Crippen LogP contribution is 2.06. The molecule has 1 amide bonds. The van der Waals surface area contributed by atoms with Gasteiger partial charge >= 0.3 is 0 Å². The third-order valence-corrected chi connectivity index (χ3v) is 2.69. The van der Waals surface area contributed by atoms with Gasteiger partial charge in [-0.15, -0.1) is 11.6 Å². The molecule has 0 unspecified atom stereocenters. The van der Waals surface area contributed by atoms with Gasteiger partial charge in [-0.3, -0.25) is 4.79 Å². The van der Waals surface area contributed by atoms with Crippen LogP contribution in [0.15, 0.2) is 24.3 Å². The van der Waals surface area contributed by atoms with E-state index in [1.165, 1.54) is 0 Å². The molecule has 0 aliphatic carbocycles. The van der Waals surface area contributed by atoms with E-state index in [1.807, 2.05) is 31.2 Å². The Kier molecular flexibility index (Phi) is 8.21. The summed E-state index contributed by atoms with van der Waals surface area (Å²) in [5, 5.41) is 2.73. The number of halogens is 1. The average molecular weight is 286 g/mol. The number of benzene rings is 1. The zero-order chi connectivity index (χ0) is 13.9. The minimum atomic E-state index is -0.167. The first-order chi connectivity index (χ1) is 9.26. The van der Waals surface area contributed by atoms with Gasteiger partial charge in [0.15, 0.2) is 0 Å². The van der Waals surface area contributed by atoms with Crippen LogP contribution in [0.5, 0.6) is 0 Å². The number of hydrogen-bond acceptors (Lipinski definition) is 3. The summed E-state index contributed by atoms with van der Waals surface area (Å²) in [6, 6.07) is 7.91. The van der Waals surface area contributed by atoms with Crippen LogP contribution in [0.1, 0.15) is 18.1 Å². The molecule has 0 spiro atoms. The number of carbonyl (C=O) groups excluding carboxylic acids is 1. The second-order valence-electron chi connectivity index (χ2n) is 3.98. The SMILES string of the molecule is CCOCCOCc1cccc(CNC(=O)CCl)c1. The standard InChI is InChI=1S/C14H20ClNO3/c1-2-18-6-7-19-11-13-5-3-4-12(8-13)10-16-14(17)9-15/h3-5,8H,2,6-7,9-11H2,1H3,(H,16,17). The average Bonchev–Trinajstić information content (AvgIpc) is 2.45. The molecular weight excluding hydrogens is 266 g/mol. The third kappa shape index (κ3) is 7.15. The van der Waals surface area contributed by atoms with Gasteiger partial charge in [0.1, 0.15) is 5.88 Å². The van der Waals surface area contributed by atoms with Gasteiger partial charge in [-0.05, 0) is 18.1 Å². The minimum absolute atomic E-state index is 0.0137. The molecular formula is C14H20ClNO3. The Bertz CT molecular complexity index is 385. The van der Waals surface area contributed by atoms with Crippen LogP contribution in [0, 0.1) is 0 Å². The van der Waals surface area contributed by atoms with Gasteiger partial charge in [0.2, 0.25) is 5.91 Å². The molecule has 106 valence electrons. The highest BCUT2D eigenvalue weighted by atomic mass is 35.5. The van der Waals surface area contributed by atoms with Crippen LogP contribution < -0.4 is 5.32 Å². The zero-order valence-electron chi connectivity index (χ0n) is 11.2.